The van der Waals surface area contributed by atoms with Gasteiger partial charge in [-0.25, -0.2) is 0 Å². The van der Waals surface area contributed by atoms with E-state index in [-0.39, 0.29) is 11.9 Å². The Morgan fingerprint density at radius 1 is 1.39 bits per heavy atom. The third-order valence-corrected chi connectivity index (χ3v) is 4.05. The van der Waals surface area contributed by atoms with Crippen LogP contribution in [0.3, 0.4) is 0 Å². The summed E-state index contributed by atoms with van der Waals surface area (Å²) in [6, 6.07) is 8.18. The van der Waals surface area contributed by atoms with Gasteiger partial charge in [0, 0.05) is 23.1 Å². The van der Waals surface area contributed by atoms with Crippen LogP contribution < -0.4 is 5.32 Å². The Bertz CT molecular complexity index is 569. The van der Waals surface area contributed by atoms with Crippen molar-refractivity contribution in [2.24, 2.45) is 5.92 Å². The summed E-state index contributed by atoms with van der Waals surface area (Å²) in [4.78, 5) is 15.4. The molecule has 1 aromatic heterocycles. The Labute approximate surface area is 107 Å². The molecule has 1 aromatic carbocycles. The second kappa shape index (κ2) is 4.48. The Morgan fingerprint density at radius 2 is 2.17 bits per heavy atom. The van der Waals surface area contributed by atoms with E-state index >= 15 is 0 Å². The van der Waals surface area contributed by atoms with E-state index in [0.717, 1.165) is 16.5 Å². The average molecular weight is 242 g/mol. The van der Waals surface area contributed by atoms with Crippen LogP contribution >= 0.6 is 0 Å². The summed E-state index contributed by atoms with van der Waals surface area (Å²) in [7, 11) is 0. The maximum absolute atomic E-state index is 12.2. The number of carbonyl (C=O) groups is 1. The van der Waals surface area contributed by atoms with E-state index in [1.165, 1.54) is 19.3 Å². The van der Waals surface area contributed by atoms with Crippen LogP contribution in [0.15, 0.2) is 30.5 Å². The first-order valence-corrected chi connectivity index (χ1v) is 6.62. The van der Waals surface area contributed by atoms with E-state index in [9.17, 15) is 4.79 Å². The molecule has 0 saturated heterocycles. The SMILES string of the molecule is CC(NC(=O)c1c[nH]c2ccccc12)C1CCC1. The first-order chi connectivity index (χ1) is 8.75. The molecule has 0 radical (unpaired) electrons. The van der Waals surface area contributed by atoms with Gasteiger partial charge in [-0.1, -0.05) is 24.6 Å². The number of benzene rings is 1. The molecule has 1 saturated carbocycles. The van der Waals surface area contributed by atoms with Crippen molar-refractivity contribution in [2.45, 2.75) is 32.2 Å². The van der Waals surface area contributed by atoms with Gasteiger partial charge in [0.25, 0.3) is 5.91 Å². The van der Waals surface area contributed by atoms with Crippen LogP contribution in [0.2, 0.25) is 0 Å². The van der Waals surface area contributed by atoms with Crippen LogP contribution in [0.4, 0.5) is 0 Å². The Hall–Kier alpha value is -1.77. The van der Waals surface area contributed by atoms with Gasteiger partial charge in [0.2, 0.25) is 0 Å². The lowest BCUT2D eigenvalue weighted by molar-refractivity contribution is 0.0911. The number of hydrogen-bond donors (Lipinski definition) is 2. The van der Waals surface area contributed by atoms with Crippen LogP contribution in [-0.2, 0) is 0 Å². The number of H-pyrrole nitrogens is 1. The largest absolute Gasteiger partial charge is 0.360 e. The van der Waals surface area contributed by atoms with Crippen molar-refractivity contribution in [1.29, 1.82) is 0 Å². The molecule has 1 heterocycles. The number of hydrogen-bond acceptors (Lipinski definition) is 1. The van der Waals surface area contributed by atoms with Gasteiger partial charge in [-0.05, 0) is 31.7 Å². The molecule has 18 heavy (non-hydrogen) atoms. The van der Waals surface area contributed by atoms with Gasteiger partial charge >= 0.3 is 0 Å². The molecule has 94 valence electrons. The van der Waals surface area contributed by atoms with Crippen LogP contribution in [0, 0.1) is 5.92 Å². The van der Waals surface area contributed by atoms with E-state index < -0.39 is 0 Å². The summed E-state index contributed by atoms with van der Waals surface area (Å²) in [6.45, 7) is 2.11. The molecule has 0 aliphatic heterocycles. The highest BCUT2D eigenvalue weighted by atomic mass is 16.1. The topological polar surface area (TPSA) is 44.9 Å². The van der Waals surface area contributed by atoms with Gasteiger partial charge in [0.05, 0.1) is 5.56 Å². The number of amides is 1. The number of aromatic amines is 1. The summed E-state index contributed by atoms with van der Waals surface area (Å²) in [5, 5.41) is 4.11. The lowest BCUT2D eigenvalue weighted by atomic mass is 9.80. The van der Waals surface area contributed by atoms with E-state index in [4.69, 9.17) is 0 Å². The van der Waals surface area contributed by atoms with Gasteiger partial charge in [-0.15, -0.1) is 0 Å². The van der Waals surface area contributed by atoms with Crippen molar-refractivity contribution in [1.82, 2.24) is 10.3 Å². The number of fused-ring (bicyclic) bond motifs is 1. The lowest BCUT2D eigenvalue weighted by Gasteiger charge is -2.31. The van der Waals surface area contributed by atoms with Crippen LogP contribution in [0.25, 0.3) is 10.9 Å². The van der Waals surface area contributed by atoms with Crippen molar-refractivity contribution in [3.8, 4) is 0 Å². The highest BCUT2D eigenvalue weighted by Crippen LogP contribution is 2.29. The zero-order valence-corrected chi connectivity index (χ0v) is 10.6. The fourth-order valence-electron chi connectivity index (χ4n) is 2.60. The minimum absolute atomic E-state index is 0.0341. The zero-order valence-electron chi connectivity index (χ0n) is 10.6. The van der Waals surface area contributed by atoms with Gasteiger partial charge in [-0.3, -0.25) is 4.79 Å². The molecule has 2 aromatic rings. The number of carbonyl (C=O) groups excluding carboxylic acids is 1. The predicted molar refractivity (Wildman–Crippen MR) is 72.6 cm³/mol. The van der Waals surface area contributed by atoms with Gasteiger partial charge < -0.3 is 10.3 Å². The maximum Gasteiger partial charge on any atom is 0.253 e. The second-order valence-electron chi connectivity index (χ2n) is 5.20. The average Bonchev–Trinajstić information content (AvgIpc) is 2.69. The van der Waals surface area contributed by atoms with Crippen molar-refractivity contribution in [3.63, 3.8) is 0 Å². The van der Waals surface area contributed by atoms with Crippen molar-refractivity contribution in [3.05, 3.63) is 36.0 Å². The standard InChI is InChI=1S/C15H18N2O/c1-10(11-5-4-6-11)17-15(18)13-9-16-14-8-3-2-7-12(13)14/h2-3,7-11,16H,4-6H2,1H3,(H,17,18). The molecule has 3 rings (SSSR count). The highest BCUT2D eigenvalue weighted by molar-refractivity contribution is 6.06. The van der Waals surface area contributed by atoms with E-state index in [1.54, 1.807) is 6.20 Å². The third-order valence-electron chi connectivity index (χ3n) is 4.05. The molecule has 1 amide bonds. The predicted octanol–water partition coefficient (Wildman–Crippen LogP) is 3.09. The fourth-order valence-corrected chi connectivity index (χ4v) is 2.60. The number of nitrogens with one attached hydrogen (secondary N) is 2. The third kappa shape index (κ3) is 1.90. The molecule has 3 heteroatoms. The highest BCUT2D eigenvalue weighted by Gasteiger charge is 2.25. The van der Waals surface area contributed by atoms with Crippen LogP contribution in [-0.4, -0.2) is 16.9 Å². The normalized spacial score (nSPS) is 17.4. The van der Waals surface area contributed by atoms with E-state index in [0.29, 0.717) is 5.92 Å². The first-order valence-electron chi connectivity index (χ1n) is 6.62. The zero-order chi connectivity index (χ0) is 12.5. The summed E-state index contributed by atoms with van der Waals surface area (Å²) in [6.07, 6.45) is 5.59. The van der Waals surface area contributed by atoms with Crippen molar-refractivity contribution < 1.29 is 4.79 Å². The molecular formula is C15H18N2O. The molecule has 1 unspecified atom stereocenters. The molecule has 3 nitrogen and oxygen atoms in total. The Morgan fingerprint density at radius 3 is 2.89 bits per heavy atom. The molecule has 2 N–H and O–H groups in total. The van der Waals surface area contributed by atoms with Crippen molar-refractivity contribution in [2.75, 3.05) is 0 Å². The molecule has 0 spiro atoms. The minimum Gasteiger partial charge on any atom is -0.360 e. The molecule has 1 aliphatic carbocycles. The Balaban J connectivity index is 1.79. The lowest BCUT2D eigenvalue weighted by Crippen LogP contribution is -2.40. The molecule has 0 bridgehead atoms. The van der Waals surface area contributed by atoms with E-state index in [2.05, 4.69) is 17.2 Å². The number of rotatable bonds is 3. The monoisotopic (exact) mass is 242 g/mol. The van der Waals surface area contributed by atoms with Gasteiger partial charge in [0.15, 0.2) is 0 Å². The number of para-hydroxylation sites is 1. The molecular weight excluding hydrogens is 224 g/mol. The summed E-state index contributed by atoms with van der Waals surface area (Å²) in [5.41, 5.74) is 1.76. The summed E-state index contributed by atoms with van der Waals surface area (Å²) < 4.78 is 0. The second-order valence-corrected chi connectivity index (χ2v) is 5.20. The maximum atomic E-state index is 12.2. The van der Waals surface area contributed by atoms with Crippen molar-refractivity contribution >= 4 is 16.8 Å². The smallest absolute Gasteiger partial charge is 0.253 e. The summed E-state index contributed by atoms with van der Waals surface area (Å²) >= 11 is 0. The minimum atomic E-state index is 0.0341. The Kier molecular flexibility index (Phi) is 2.82. The molecule has 1 atom stereocenters. The van der Waals surface area contributed by atoms with Gasteiger partial charge in [0.1, 0.15) is 0 Å². The van der Waals surface area contributed by atoms with E-state index in [1.807, 2.05) is 24.3 Å². The van der Waals surface area contributed by atoms with Crippen LogP contribution in [0.5, 0.6) is 0 Å². The molecule has 1 aliphatic rings. The fraction of sp³-hybridized carbons (Fsp3) is 0.400. The quantitative estimate of drug-likeness (QED) is 0.853. The first kappa shape index (κ1) is 11.3. The molecule has 1 fully saturated rings. The van der Waals surface area contributed by atoms with Crippen LogP contribution in [0.1, 0.15) is 36.5 Å². The summed E-state index contributed by atoms with van der Waals surface area (Å²) in [5.74, 6) is 0.700. The number of aromatic nitrogens is 1. The van der Waals surface area contributed by atoms with Gasteiger partial charge in [-0.2, -0.15) is 0 Å².